The van der Waals surface area contributed by atoms with E-state index in [1.54, 1.807) is 38.4 Å². The number of hydrogen-bond acceptors (Lipinski definition) is 4. The molecule has 0 atom stereocenters. The number of nitrogens with one attached hydrogen (secondary N) is 2. The Morgan fingerprint density at radius 1 is 1.19 bits per heavy atom. The zero-order chi connectivity index (χ0) is 18.8. The Labute approximate surface area is 178 Å². The van der Waals surface area contributed by atoms with Crippen LogP contribution in [0.1, 0.15) is 30.1 Å². The topological polar surface area (TPSA) is 75.2 Å². The first kappa shape index (κ1) is 23.5. The first-order valence-electron chi connectivity index (χ1n) is 9.17. The molecular formula is C19H31IN4O3. The Hall–Kier alpha value is -1.55. The van der Waals surface area contributed by atoms with Gasteiger partial charge < -0.3 is 25.0 Å². The van der Waals surface area contributed by atoms with Crippen molar-refractivity contribution in [1.82, 2.24) is 15.5 Å². The van der Waals surface area contributed by atoms with Crippen LogP contribution in [0.4, 0.5) is 0 Å². The van der Waals surface area contributed by atoms with E-state index in [-0.39, 0.29) is 29.9 Å². The Morgan fingerprint density at radius 2 is 1.81 bits per heavy atom. The lowest BCUT2D eigenvalue weighted by atomic mass is 10.1. The second-order valence-corrected chi connectivity index (χ2v) is 6.10. The number of halogens is 1. The van der Waals surface area contributed by atoms with Crippen molar-refractivity contribution in [2.24, 2.45) is 4.99 Å². The van der Waals surface area contributed by atoms with Gasteiger partial charge in [0.05, 0.1) is 13.2 Å². The molecule has 0 radical (unpaired) electrons. The van der Waals surface area contributed by atoms with Crippen LogP contribution in [0.5, 0.6) is 5.75 Å². The van der Waals surface area contributed by atoms with Gasteiger partial charge in [-0.2, -0.15) is 0 Å². The van der Waals surface area contributed by atoms with E-state index in [4.69, 9.17) is 9.47 Å². The molecule has 1 saturated heterocycles. The van der Waals surface area contributed by atoms with Crippen LogP contribution in [0.3, 0.4) is 0 Å². The van der Waals surface area contributed by atoms with Gasteiger partial charge in [0.2, 0.25) is 0 Å². The molecular weight excluding hydrogens is 459 g/mol. The van der Waals surface area contributed by atoms with Gasteiger partial charge in [-0.25, -0.2) is 0 Å². The summed E-state index contributed by atoms with van der Waals surface area (Å²) in [5.74, 6) is 1.51. The number of carbonyl (C=O) groups is 1. The summed E-state index contributed by atoms with van der Waals surface area (Å²) >= 11 is 0. The summed E-state index contributed by atoms with van der Waals surface area (Å²) in [5.41, 5.74) is 0.619. The SMILES string of the molecule is CCOC1CCN(C(=NC)NCCNC(=O)c2ccc(OC)cc2)CC1.I. The van der Waals surface area contributed by atoms with E-state index < -0.39 is 0 Å². The molecule has 1 aromatic rings. The molecule has 152 valence electrons. The molecule has 1 heterocycles. The number of likely N-dealkylation sites (tertiary alicyclic amines) is 1. The molecule has 0 aliphatic carbocycles. The molecule has 8 heteroatoms. The van der Waals surface area contributed by atoms with Crippen LogP contribution in [-0.2, 0) is 4.74 Å². The number of methoxy groups -OCH3 is 1. The summed E-state index contributed by atoms with van der Waals surface area (Å²) in [6, 6.07) is 7.06. The molecule has 0 saturated carbocycles. The van der Waals surface area contributed by atoms with Gasteiger partial charge in [0.1, 0.15) is 5.75 Å². The van der Waals surface area contributed by atoms with Gasteiger partial charge in [-0.15, -0.1) is 24.0 Å². The maximum absolute atomic E-state index is 12.1. The van der Waals surface area contributed by atoms with Gasteiger partial charge in [0.25, 0.3) is 5.91 Å². The monoisotopic (exact) mass is 490 g/mol. The summed E-state index contributed by atoms with van der Waals surface area (Å²) in [5, 5.41) is 6.22. The largest absolute Gasteiger partial charge is 0.497 e. The van der Waals surface area contributed by atoms with Gasteiger partial charge >= 0.3 is 0 Å². The molecule has 0 spiro atoms. The Morgan fingerprint density at radius 3 is 2.37 bits per heavy atom. The fraction of sp³-hybridized carbons (Fsp3) is 0.579. The zero-order valence-electron chi connectivity index (χ0n) is 16.4. The number of guanidine groups is 1. The number of piperidine rings is 1. The van der Waals surface area contributed by atoms with E-state index in [0.29, 0.717) is 24.8 Å². The number of rotatable bonds is 7. The molecule has 1 aromatic carbocycles. The van der Waals surface area contributed by atoms with Crippen molar-refractivity contribution in [1.29, 1.82) is 0 Å². The highest BCUT2D eigenvalue weighted by molar-refractivity contribution is 14.0. The van der Waals surface area contributed by atoms with Gasteiger partial charge in [0.15, 0.2) is 5.96 Å². The van der Waals surface area contributed by atoms with E-state index in [2.05, 4.69) is 20.5 Å². The van der Waals surface area contributed by atoms with E-state index in [9.17, 15) is 4.79 Å². The molecule has 7 nitrogen and oxygen atoms in total. The predicted molar refractivity (Wildman–Crippen MR) is 118 cm³/mol. The van der Waals surface area contributed by atoms with Gasteiger partial charge in [-0.1, -0.05) is 0 Å². The van der Waals surface area contributed by atoms with Crippen molar-refractivity contribution < 1.29 is 14.3 Å². The van der Waals surface area contributed by atoms with Crippen LogP contribution in [0, 0.1) is 0 Å². The molecule has 1 aliphatic heterocycles. The number of ether oxygens (including phenoxy) is 2. The van der Waals surface area contributed by atoms with Crippen LogP contribution in [0.25, 0.3) is 0 Å². The fourth-order valence-corrected chi connectivity index (χ4v) is 3.00. The normalized spacial score (nSPS) is 15.1. The fourth-order valence-electron chi connectivity index (χ4n) is 3.00. The summed E-state index contributed by atoms with van der Waals surface area (Å²) in [7, 11) is 3.39. The number of benzene rings is 1. The van der Waals surface area contributed by atoms with Crippen LogP contribution in [0.15, 0.2) is 29.3 Å². The predicted octanol–water partition coefficient (Wildman–Crippen LogP) is 2.12. The summed E-state index contributed by atoms with van der Waals surface area (Å²) in [6.07, 6.45) is 2.39. The van der Waals surface area contributed by atoms with Crippen molar-refractivity contribution in [2.75, 3.05) is 46.9 Å². The van der Waals surface area contributed by atoms with E-state index in [0.717, 1.165) is 44.2 Å². The maximum atomic E-state index is 12.1. The van der Waals surface area contributed by atoms with Crippen molar-refractivity contribution in [3.8, 4) is 5.75 Å². The molecule has 1 amide bonds. The van der Waals surface area contributed by atoms with E-state index in [1.165, 1.54) is 0 Å². The molecule has 27 heavy (non-hydrogen) atoms. The third kappa shape index (κ3) is 7.53. The second kappa shape index (κ2) is 12.8. The average molecular weight is 490 g/mol. The second-order valence-electron chi connectivity index (χ2n) is 6.10. The van der Waals surface area contributed by atoms with Gasteiger partial charge in [-0.05, 0) is 44.0 Å². The van der Waals surface area contributed by atoms with Crippen LogP contribution >= 0.6 is 24.0 Å². The van der Waals surface area contributed by atoms with Crippen molar-refractivity contribution >= 4 is 35.8 Å². The summed E-state index contributed by atoms with van der Waals surface area (Å²) in [4.78, 5) is 18.7. The average Bonchev–Trinajstić information content (AvgIpc) is 2.69. The van der Waals surface area contributed by atoms with Crippen LogP contribution in [-0.4, -0.2) is 69.8 Å². The zero-order valence-corrected chi connectivity index (χ0v) is 18.7. The third-order valence-corrected chi connectivity index (χ3v) is 4.40. The highest BCUT2D eigenvalue weighted by Gasteiger charge is 2.21. The molecule has 1 aliphatic rings. The number of carbonyl (C=O) groups excluding carboxylic acids is 1. The molecule has 0 unspecified atom stereocenters. The van der Waals surface area contributed by atoms with Gasteiger partial charge in [0, 0.05) is 45.4 Å². The Kier molecular flexibility index (Phi) is 11.1. The lowest BCUT2D eigenvalue weighted by Gasteiger charge is -2.34. The van der Waals surface area contributed by atoms with E-state index >= 15 is 0 Å². The minimum atomic E-state index is -0.0954. The minimum Gasteiger partial charge on any atom is -0.497 e. The molecule has 2 N–H and O–H groups in total. The first-order valence-corrected chi connectivity index (χ1v) is 9.17. The highest BCUT2D eigenvalue weighted by atomic mass is 127. The van der Waals surface area contributed by atoms with Crippen molar-refractivity contribution in [3.63, 3.8) is 0 Å². The quantitative estimate of drug-likeness (QED) is 0.265. The number of amides is 1. The standard InChI is InChI=1S/C19H30N4O3.HI/c1-4-26-17-9-13-23(14-10-17)19(20-2)22-12-11-21-18(24)15-5-7-16(25-3)8-6-15;/h5-8,17H,4,9-14H2,1-3H3,(H,20,22)(H,21,24);1H. The molecule has 0 aromatic heterocycles. The van der Waals surface area contributed by atoms with Crippen LogP contribution < -0.4 is 15.4 Å². The summed E-state index contributed by atoms with van der Waals surface area (Å²) in [6.45, 7) is 5.82. The van der Waals surface area contributed by atoms with Crippen molar-refractivity contribution in [3.05, 3.63) is 29.8 Å². The maximum Gasteiger partial charge on any atom is 0.251 e. The highest BCUT2D eigenvalue weighted by Crippen LogP contribution is 2.13. The van der Waals surface area contributed by atoms with E-state index in [1.807, 2.05) is 6.92 Å². The Bertz CT molecular complexity index is 587. The van der Waals surface area contributed by atoms with Crippen LogP contribution in [0.2, 0.25) is 0 Å². The van der Waals surface area contributed by atoms with Gasteiger partial charge in [-0.3, -0.25) is 9.79 Å². The molecule has 0 bridgehead atoms. The number of nitrogens with zero attached hydrogens (tertiary/aromatic N) is 2. The smallest absolute Gasteiger partial charge is 0.251 e. The summed E-state index contributed by atoms with van der Waals surface area (Å²) < 4.78 is 10.8. The lowest BCUT2D eigenvalue weighted by Crippen LogP contribution is -2.48. The Balaban J connectivity index is 0.00000364. The molecule has 2 rings (SSSR count). The minimum absolute atomic E-state index is 0. The molecule has 1 fully saturated rings. The first-order chi connectivity index (χ1) is 12.7. The number of aliphatic imine (C=N–C) groups is 1. The third-order valence-electron chi connectivity index (χ3n) is 4.40. The number of hydrogen-bond donors (Lipinski definition) is 2. The van der Waals surface area contributed by atoms with Crippen molar-refractivity contribution in [2.45, 2.75) is 25.9 Å². The lowest BCUT2D eigenvalue weighted by molar-refractivity contribution is 0.0264.